The van der Waals surface area contributed by atoms with E-state index in [1.165, 1.54) is 0 Å². The Morgan fingerprint density at radius 1 is 1.03 bits per heavy atom. The largest absolute Gasteiger partial charge is 0.481 e. The number of nitrogens with zero attached hydrogens (tertiary/aromatic N) is 1. The Bertz CT molecular complexity index is 998. The third-order valence-corrected chi connectivity index (χ3v) is 5.25. The molecule has 9 nitrogen and oxygen atoms in total. The second-order valence-corrected chi connectivity index (χ2v) is 7.76. The van der Waals surface area contributed by atoms with Gasteiger partial charge in [-0.15, -0.1) is 0 Å². The molecule has 168 valence electrons. The standard InChI is InChI=1S/C23H26N4O5/c24-23(25)27-17-8-6-15(7-9-17)22(31)32-19-10-4-14(5-11-19)12-20(28)26-18-3-1-2-16(13-18)21(29)30/h4-11,16,18H,1-3,12-13H2,(H,26,28)(H,29,30)(H4,24,25,27). The molecular formula is C23H26N4O5. The summed E-state index contributed by atoms with van der Waals surface area (Å²) in [6.07, 6.45) is 2.86. The molecule has 0 heterocycles. The Morgan fingerprint density at radius 3 is 2.34 bits per heavy atom. The summed E-state index contributed by atoms with van der Waals surface area (Å²) < 4.78 is 5.36. The number of carbonyl (C=O) groups excluding carboxylic acids is 2. The third-order valence-electron chi connectivity index (χ3n) is 5.25. The fourth-order valence-electron chi connectivity index (χ4n) is 3.67. The monoisotopic (exact) mass is 438 g/mol. The lowest BCUT2D eigenvalue weighted by Crippen LogP contribution is -2.40. The maximum absolute atomic E-state index is 12.3. The van der Waals surface area contributed by atoms with E-state index < -0.39 is 17.9 Å². The van der Waals surface area contributed by atoms with Crippen molar-refractivity contribution in [3.8, 4) is 5.75 Å². The fourth-order valence-corrected chi connectivity index (χ4v) is 3.67. The summed E-state index contributed by atoms with van der Waals surface area (Å²) in [5.74, 6) is -1.62. The highest BCUT2D eigenvalue weighted by molar-refractivity contribution is 5.91. The molecule has 1 saturated carbocycles. The van der Waals surface area contributed by atoms with Crippen LogP contribution in [0.1, 0.15) is 41.6 Å². The molecule has 0 radical (unpaired) electrons. The molecule has 0 saturated heterocycles. The van der Waals surface area contributed by atoms with Crippen LogP contribution in [0, 0.1) is 5.92 Å². The van der Waals surface area contributed by atoms with E-state index in [0.29, 0.717) is 29.8 Å². The highest BCUT2D eigenvalue weighted by Crippen LogP contribution is 2.24. The summed E-state index contributed by atoms with van der Waals surface area (Å²) >= 11 is 0. The van der Waals surface area contributed by atoms with Crippen LogP contribution in [0.25, 0.3) is 0 Å². The minimum atomic E-state index is -0.807. The van der Waals surface area contributed by atoms with E-state index in [2.05, 4.69) is 10.3 Å². The number of rotatable bonds is 7. The summed E-state index contributed by atoms with van der Waals surface area (Å²) in [5.41, 5.74) is 12.3. The van der Waals surface area contributed by atoms with Gasteiger partial charge in [-0.1, -0.05) is 18.6 Å². The van der Waals surface area contributed by atoms with Crippen LogP contribution in [-0.4, -0.2) is 35.0 Å². The molecule has 32 heavy (non-hydrogen) atoms. The maximum atomic E-state index is 12.3. The van der Waals surface area contributed by atoms with Crippen molar-refractivity contribution in [2.45, 2.75) is 38.1 Å². The zero-order valence-corrected chi connectivity index (χ0v) is 17.5. The van der Waals surface area contributed by atoms with Crippen LogP contribution in [0.2, 0.25) is 0 Å². The van der Waals surface area contributed by atoms with Crippen molar-refractivity contribution >= 4 is 29.5 Å². The Balaban J connectivity index is 1.51. The first-order valence-corrected chi connectivity index (χ1v) is 10.3. The number of hydrogen-bond donors (Lipinski definition) is 4. The number of carboxylic acids is 1. The highest BCUT2D eigenvalue weighted by atomic mass is 16.5. The molecule has 0 spiro atoms. The average Bonchev–Trinajstić information content (AvgIpc) is 2.75. The lowest BCUT2D eigenvalue weighted by Gasteiger charge is -2.27. The van der Waals surface area contributed by atoms with Gasteiger partial charge < -0.3 is 26.6 Å². The minimum absolute atomic E-state index is 0.0719. The molecule has 3 rings (SSSR count). The van der Waals surface area contributed by atoms with Gasteiger partial charge in [0.05, 0.1) is 23.6 Å². The number of aliphatic carboxylic acids is 1. The highest BCUT2D eigenvalue weighted by Gasteiger charge is 2.27. The number of nitrogens with two attached hydrogens (primary N) is 2. The van der Waals surface area contributed by atoms with E-state index in [9.17, 15) is 14.4 Å². The molecule has 0 aromatic heterocycles. The van der Waals surface area contributed by atoms with Crippen LogP contribution in [0.3, 0.4) is 0 Å². The quantitative estimate of drug-likeness (QED) is 0.223. The first-order valence-electron chi connectivity index (χ1n) is 10.3. The van der Waals surface area contributed by atoms with E-state index >= 15 is 0 Å². The summed E-state index contributed by atoms with van der Waals surface area (Å²) in [6.45, 7) is 0. The normalized spacial score (nSPS) is 17.8. The van der Waals surface area contributed by atoms with E-state index in [1.807, 2.05) is 0 Å². The molecule has 2 aromatic carbocycles. The number of benzene rings is 2. The van der Waals surface area contributed by atoms with Crippen molar-refractivity contribution in [2.24, 2.45) is 22.4 Å². The van der Waals surface area contributed by atoms with Gasteiger partial charge in [-0.3, -0.25) is 9.59 Å². The third kappa shape index (κ3) is 6.56. The Morgan fingerprint density at radius 2 is 1.72 bits per heavy atom. The first-order chi connectivity index (χ1) is 15.3. The SMILES string of the molecule is NC(N)=Nc1ccc(C(=O)Oc2ccc(CC(=O)NC3CCCC(C(=O)O)C3)cc2)cc1. The van der Waals surface area contributed by atoms with Crippen molar-refractivity contribution in [2.75, 3.05) is 0 Å². The van der Waals surface area contributed by atoms with Crippen molar-refractivity contribution in [1.82, 2.24) is 5.32 Å². The first kappa shape index (κ1) is 22.8. The maximum Gasteiger partial charge on any atom is 0.343 e. The molecule has 1 aliphatic carbocycles. The van der Waals surface area contributed by atoms with Gasteiger partial charge in [-0.2, -0.15) is 0 Å². The van der Waals surface area contributed by atoms with Gasteiger partial charge in [0.15, 0.2) is 5.96 Å². The molecule has 0 aliphatic heterocycles. The van der Waals surface area contributed by atoms with Crippen molar-refractivity contribution in [3.63, 3.8) is 0 Å². The minimum Gasteiger partial charge on any atom is -0.481 e. The second kappa shape index (κ2) is 10.4. The van der Waals surface area contributed by atoms with Crippen molar-refractivity contribution < 1.29 is 24.2 Å². The lowest BCUT2D eigenvalue weighted by atomic mass is 9.85. The van der Waals surface area contributed by atoms with Gasteiger partial charge >= 0.3 is 11.9 Å². The Kier molecular flexibility index (Phi) is 7.43. The van der Waals surface area contributed by atoms with E-state index in [-0.39, 0.29) is 24.3 Å². The molecule has 2 aromatic rings. The number of carbonyl (C=O) groups is 3. The van der Waals surface area contributed by atoms with E-state index in [1.54, 1.807) is 48.5 Å². The van der Waals surface area contributed by atoms with E-state index in [0.717, 1.165) is 18.4 Å². The topological polar surface area (TPSA) is 157 Å². The lowest BCUT2D eigenvalue weighted by molar-refractivity contribution is -0.143. The molecule has 1 aliphatic rings. The van der Waals surface area contributed by atoms with Crippen LogP contribution in [0.5, 0.6) is 5.75 Å². The van der Waals surface area contributed by atoms with Gasteiger partial charge in [0.2, 0.25) is 5.91 Å². The van der Waals surface area contributed by atoms with Crippen molar-refractivity contribution in [3.05, 3.63) is 59.7 Å². The van der Waals surface area contributed by atoms with Gasteiger partial charge in [0, 0.05) is 6.04 Å². The summed E-state index contributed by atoms with van der Waals surface area (Å²) in [6, 6.07) is 12.9. The molecule has 0 bridgehead atoms. The predicted molar refractivity (Wildman–Crippen MR) is 119 cm³/mol. The number of ether oxygens (including phenoxy) is 1. The van der Waals surface area contributed by atoms with Crippen LogP contribution in [0.4, 0.5) is 5.69 Å². The number of nitrogens with one attached hydrogen (secondary N) is 1. The number of carboxylic acid groups (broad SMARTS) is 1. The zero-order chi connectivity index (χ0) is 23.1. The van der Waals surface area contributed by atoms with Gasteiger partial charge in [0.25, 0.3) is 0 Å². The van der Waals surface area contributed by atoms with Crippen LogP contribution >= 0.6 is 0 Å². The smallest absolute Gasteiger partial charge is 0.343 e. The Hall–Kier alpha value is -3.88. The fraction of sp³-hybridized carbons (Fsp3) is 0.304. The molecule has 2 atom stereocenters. The van der Waals surface area contributed by atoms with Crippen LogP contribution in [-0.2, 0) is 16.0 Å². The Labute approximate surface area is 185 Å². The second-order valence-electron chi connectivity index (χ2n) is 7.76. The molecule has 6 N–H and O–H groups in total. The molecule has 9 heteroatoms. The van der Waals surface area contributed by atoms with Crippen LogP contribution < -0.4 is 21.5 Å². The summed E-state index contributed by atoms with van der Waals surface area (Å²) in [7, 11) is 0. The number of esters is 1. The van der Waals surface area contributed by atoms with E-state index in [4.69, 9.17) is 21.3 Å². The zero-order valence-electron chi connectivity index (χ0n) is 17.5. The number of guanidine groups is 1. The number of hydrogen-bond acceptors (Lipinski definition) is 5. The van der Waals surface area contributed by atoms with Crippen LogP contribution in [0.15, 0.2) is 53.5 Å². The summed E-state index contributed by atoms with van der Waals surface area (Å²) in [4.78, 5) is 39.7. The average molecular weight is 438 g/mol. The van der Waals surface area contributed by atoms with Gasteiger partial charge in [-0.05, 0) is 61.2 Å². The molecule has 2 unspecified atom stereocenters. The summed E-state index contributed by atoms with van der Waals surface area (Å²) in [5, 5.41) is 12.1. The number of amides is 1. The van der Waals surface area contributed by atoms with Gasteiger partial charge in [-0.25, -0.2) is 9.79 Å². The van der Waals surface area contributed by atoms with Crippen molar-refractivity contribution in [1.29, 1.82) is 0 Å². The predicted octanol–water partition coefficient (Wildman–Crippen LogP) is 2.11. The molecule has 1 amide bonds. The van der Waals surface area contributed by atoms with Gasteiger partial charge in [0.1, 0.15) is 5.75 Å². The molecule has 1 fully saturated rings. The number of aliphatic imine (C=N–C) groups is 1. The molecular weight excluding hydrogens is 412 g/mol.